The van der Waals surface area contributed by atoms with Crippen molar-refractivity contribution in [2.45, 2.75) is 6.54 Å². The Morgan fingerprint density at radius 3 is 2.83 bits per heavy atom. The summed E-state index contributed by atoms with van der Waals surface area (Å²) in [6.07, 6.45) is 1.87. The van der Waals surface area contributed by atoms with Crippen molar-refractivity contribution in [3.8, 4) is 5.75 Å². The van der Waals surface area contributed by atoms with Crippen LogP contribution < -0.4 is 10.2 Å². The molecule has 3 rings (SSSR count). The molecule has 1 amide bonds. The van der Waals surface area contributed by atoms with E-state index in [9.17, 15) is 9.18 Å². The molecule has 0 unspecified atom stereocenters. The van der Waals surface area contributed by atoms with E-state index in [1.165, 1.54) is 12.1 Å². The van der Waals surface area contributed by atoms with Crippen LogP contribution in [0.4, 0.5) is 4.39 Å². The zero-order valence-electron chi connectivity index (χ0n) is 12.5. The third-order valence-corrected chi connectivity index (χ3v) is 3.94. The standard InChI is InChI=1S/C17H14ClFN2O3/c18-14-4-3-13(10-15(14)19)24-8-7-21-6-5-11-1-2-12(9-16(11)21)17(22)20-23/h1-6,9-10,23H,7-8H2,(H,20,22). The van der Waals surface area contributed by atoms with Gasteiger partial charge < -0.3 is 9.30 Å². The number of benzene rings is 2. The van der Waals surface area contributed by atoms with Gasteiger partial charge in [0.05, 0.1) is 11.6 Å². The lowest BCUT2D eigenvalue weighted by atomic mass is 10.1. The van der Waals surface area contributed by atoms with Crippen molar-refractivity contribution in [3.63, 3.8) is 0 Å². The fourth-order valence-corrected chi connectivity index (χ4v) is 2.53. The molecule has 5 nitrogen and oxygen atoms in total. The number of halogens is 2. The molecule has 0 radical (unpaired) electrons. The van der Waals surface area contributed by atoms with E-state index in [1.807, 2.05) is 16.8 Å². The predicted molar refractivity (Wildman–Crippen MR) is 88.1 cm³/mol. The number of ether oxygens (including phenoxy) is 1. The molecule has 0 aliphatic heterocycles. The van der Waals surface area contributed by atoms with Crippen LogP contribution in [0.2, 0.25) is 5.02 Å². The molecule has 7 heteroatoms. The Balaban J connectivity index is 1.72. The van der Waals surface area contributed by atoms with Crippen LogP contribution in [0.25, 0.3) is 10.9 Å². The lowest BCUT2D eigenvalue weighted by molar-refractivity contribution is 0.0706. The molecule has 0 bridgehead atoms. The molecule has 2 N–H and O–H groups in total. The molecule has 0 aliphatic rings. The van der Waals surface area contributed by atoms with Crippen LogP contribution in [0.5, 0.6) is 5.75 Å². The Morgan fingerprint density at radius 1 is 1.25 bits per heavy atom. The van der Waals surface area contributed by atoms with Gasteiger partial charge in [0.1, 0.15) is 18.2 Å². The smallest absolute Gasteiger partial charge is 0.274 e. The first-order valence-electron chi connectivity index (χ1n) is 7.19. The number of hydroxylamine groups is 1. The minimum Gasteiger partial charge on any atom is -0.492 e. The summed E-state index contributed by atoms with van der Waals surface area (Å²) in [4.78, 5) is 11.5. The van der Waals surface area contributed by atoms with Gasteiger partial charge in [-0.15, -0.1) is 0 Å². The maximum Gasteiger partial charge on any atom is 0.274 e. The molecule has 3 aromatic rings. The van der Waals surface area contributed by atoms with Crippen LogP contribution in [0.15, 0.2) is 48.7 Å². The van der Waals surface area contributed by atoms with E-state index in [0.29, 0.717) is 24.5 Å². The molecule has 0 fully saturated rings. The molecule has 0 aliphatic carbocycles. The first-order valence-corrected chi connectivity index (χ1v) is 7.57. The number of rotatable bonds is 5. The minimum absolute atomic E-state index is 0.0495. The fourth-order valence-electron chi connectivity index (χ4n) is 2.41. The first-order chi connectivity index (χ1) is 11.6. The van der Waals surface area contributed by atoms with Crippen LogP contribution >= 0.6 is 11.6 Å². The molecule has 0 atom stereocenters. The summed E-state index contributed by atoms with van der Waals surface area (Å²) < 4.78 is 20.8. The molecule has 0 saturated carbocycles. The Kier molecular flexibility index (Phi) is 4.69. The van der Waals surface area contributed by atoms with Gasteiger partial charge >= 0.3 is 0 Å². The Hall–Kier alpha value is -2.57. The summed E-state index contributed by atoms with van der Waals surface area (Å²) in [6, 6.07) is 11.3. The van der Waals surface area contributed by atoms with Crippen LogP contribution in [0, 0.1) is 5.82 Å². The molecular formula is C17H14ClFN2O3. The van der Waals surface area contributed by atoms with Gasteiger partial charge in [-0.3, -0.25) is 10.0 Å². The summed E-state index contributed by atoms with van der Waals surface area (Å²) in [5.74, 6) is -0.702. The van der Waals surface area contributed by atoms with Gasteiger partial charge in [-0.1, -0.05) is 17.7 Å². The predicted octanol–water partition coefficient (Wildman–Crippen LogP) is 3.63. The minimum atomic E-state index is -0.572. The number of fused-ring (bicyclic) bond motifs is 1. The van der Waals surface area contributed by atoms with Crippen molar-refractivity contribution in [2.24, 2.45) is 0 Å². The maximum absolute atomic E-state index is 13.4. The second-order valence-corrected chi connectivity index (χ2v) is 5.56. The van der Waals surface area contributed by atoms with E-state index < -0.39 is 11.7 Å². The third kappa shape index (κ3) is 3.34. The number of carbonyl (C=O) groups excluding carboxylic acids is 1. The average Bonchev–Trinajstić information content (AvgIpc) is 2.99. The quantitative estimate of drug-likeness (QED) is 0.546. The largest absolute Gasteiger partial charge is 0.492 e. The van der Waals surface area contributed by atoms with Gasteiger partial charge in [0.25, 0.3) is 5.91 Å². The number of amides is 1. The third-order valence-electron chi connectivity index (χ3n) is 3.63. The van der Waals surface area contributed by atoms with Gasteiger partial charge in [-0.2, -0.15) is 0 Å². The number of nitrogens with one attached hydrogen (secondary N) is 1. The van der Waals surface area contributed by atoms with Crippen molar-refractivity contribution in [3.05, 3.63) is 65.1 Å². The van der Waals surface area contributed by atoms with Crippen molar-refractivity contribution < 1.29 is 19.1 Å². The highest BCUT2D eigenvalue weighted by atomic mass is 35.5. The summed E-state index contributed by atoms with van der Waals surface area (Å²) in [5, 5.41) is 9.73. The van der Waals surface area contributed by atoms with Crippen LogP contribution in [0.1, 0.15) is 10.4 Å². The lowest BCUT2D eigenvalue weighted by Gasteiger charge is -2.09. The molecule has 1 heterocycles. The highest BCUT2D eigenvalue weighted by Gasteiger charge is 2.08. The molecule has 0 saturated heterocycles. The summed E-state index contributed by atoms with van der Waals surface area (Å²) >= 11 is 5.63. The topological polar surface area (TPSA) is 63.5 Å². The Morgan fingerprint density at radius 2 is 2.08 bits per heavy atom. The van der Waals surface area contributed by atoms with Crippen molar-refractivity contribution in [1.82, 2.24) is 10.0 Å². The summed E-state index contributed by atoms with van der Waals surface area (Å²) in [6.45, 7) is 0.833. The number of carbonyl (C=O) groups is 1. The molecule has 2 aromatic carbocycles. The van der Waals surface area contributed by atoms with E-state index in [-0.39, 0.29) is 5.02 Å². The van der Waals surface area contributed by atoms with E-state index in [4.69, 9.17) is 21.5 Å². The maximum atomic E-state index is 13.4. The summed E-state index contributed by atoms with van der Waals surface area (Å²) in [7, 11) is 0. The molecule has 1 aromatic heterocycles. The average molecular weight is 349 g/mol. The van der Waals surface area contributed by atoms with Crippen LogP contribution in [0.3, 0.4) is 0 Å². The Labute approximate surface area is 142 Å². The molecule has 24 heavy (non-hydrogen) atoms. The van der Waals surface area contributed by atoms with Gasteiger partial charge in [0, 0.05) is 23.3 Å². The van der Waals surface area contributed by atoms with Crippen LogP contribution in [-0.4, -0.2) is 22.3 Å². The molecular weight excluding hydrogens is 335 g/mol. The van der Waals surface area contributed by atoms with E-state index in [1.54, 1.807) is 29.7 Å². The van der Waals surface area contributed by atoms with Gasteiger partial charge in [0.15, 0.2) is 0 Å². The number of nitrogens with zero attached hydrogens (tertiary/aromatic N) is 1. The number of hydrogen-bond donors (Lipinski definition) is 2. The first kappa shape index (κ1) is 16.3. The zero-order valence-corrected chi connectivity index (χ0v) is 13.3. The monoisotopic (exact) mass is 348 g/mol. The normalized spacial score (nSPS) is 10.8. The van der Waals surface area contributed by atoms with Crippen molar-refractivity contribution >= 4 is 28.4 Å². The second-order valence-electron chi connectivity index (χ2n) is 5.15. The second kappa shape index (κ2) is 6.90. The zero-order chi connectivity index (χ0) is 17.1. The number of aromatic nitrogens is 1. The fraction of sp³-hybridized carbons (Fsp3) is 0.118. The van der Waals surface area contributed by atoms with E-state index in [2.05, 4.69) is 0 Å². The highest BCUT2D eigenvalue weighted by Crippen LogP contribution is 2.21. The summed E-state index contributed by atoms with van der Waals surface area (Å²) in [5.41, 5.74) is 2.80. The van der Waals surface area contributed by atoms with E-state index in [0.717, 1.165) is 10.9 Å². The van der Waals surface area contributed by atoms with Gasteiger partial charge in [0.2, 0.25) is 0 Å². The van der Waals surface area contributed by atoms with E-state index >= 15 is 0 Å². The van der Waals surface area contributed by atoms with Crippen LogP contribution in [-0.2, 0) is 6.54 Å². The molecule has 0 spiro atoms. The molecule has 124 valence electrons. The number of hydrogen-bond acceptors (Lipinski definition) is 3. The van der Waals surface area contributed by atoms with Gasteiger partial charge in [-0.25, -0.2) is 9.87 Å². The highest BCUT2D eigenvalue weighted by molar-refractivity contribution is 6.30. The van der Waals surface area contributed by atoms with Crippen molar-refractivity contribution in [2.75, 3.05) is 6.61 Å². The SMILES string of the molecule is O=C(NO)c1ccc2ccn(CCOc3ccc(Cl)c(F)c3)c2c1. The van der Waals surface area contributed by atoms with Crippen molar-refractivity contribution in [1.29, 1.82) is 0 Å². The lowest BCUT2D eigenvalue weighted by Crippen LogP contribution is -2.18. The van der Waals surface area contributed by atoms with Gasteiger partial charge in [-0.05, 0) is 35.7 Å². The Bertz CT molecular complexity index is 895.